The van der Waals surface area contributed by atoms with Gasteiger partial charge in [-0.05, 0) is 92.4 Å². The molecule has 0 amide bonds. The maximum atomic E-state index is 13.1. The van der Waals surface area contributed by atoms with Gasteiger partial charge in [0.05, 0.1) is 0 Å². The van der Waals surface area contributed by atoms with Crippen LogP contribution in [0.15, 0.2) is 12.2 Å². The van der Waals surface area contributed by atoms with Gasteiger partial charge in [0.15, 0.2) is 5.78 Å². The van der Waals surface area contributed by atoms with Crippen molar-refractivity contribution >= 4 is 11.6 Å². The Morgan fingerprint density at radius 1 is 1.07 bits per heavy atom. The highest BCUT2D eigenvalue weighted by Gasteiger charge is 2.59. The molecular weight excluding hydrogens is 332 g/mol. The first-order valence-electron chi connectivity index (χ1n) is 11.4. The molecule has 8 unspecified atom stereocenters. The molecule has 0 N–H and O–H groups in total. The van der Waals surface area contributed by atoms with Gasteiger partial charge in [-0.25, -0.2) is 0 Å². The summed E-state index contributed by atoms with van der Waals surface area (Å²) < 4.78 is 0. The fourth-order valence-corrected chi connectivity index (χ4v) is 7.18. The minimum Gasteiger partial charge on any atom is -0.299 e. The predicted octanol–water partition coefficient (Wildman–Crippen LogP) is 6.24. The fourth-order valence-electron chi connectivity index (χ4n) is 7.18. The van der Waals surface area contributed by atoms with E-state index >= 15 is 0 Å². The molecule has 0 aromatic rings. The maximum absolute atomic E-state index is 13.1. The molecule has 0 saturated heterocycles. The van der Waals surface area contributed by atoms with Crippen LogP contribution in [0.5, 0.6) is 0 Å². The average molecular weight is 373 g/mol. The van der Waals surface area contributed by atoms with Crippen molar-refractivity contribution in [2.45, 2.75) is 86.5 Å². The minimum absolute atomic E-state index is 0.120. The van der Waals surface area contributed by atoms with Crippen molar-refractivity contribution in [1.29, 1.82) is 0 Å². The monoisotopic (exact) mass is 372 g/mol. The number of allylic oxidation sites excluding steroid dienone is 2. The third-order valence-corrected chi connectivity index (χ3v) is 9.35. The molecule has 27 heavy (non-hydrogen) atoms. The van der Waals surface area contributed by atoms with E-state index in [2.05, 4.69) is 40.7 Å². The van der Waals surface area contributed by atoms with E-state index in [1.165, 1.54) is 32.1 Å². The van der Waals surface area contributed by atoms with E-state index in [9.17, 15) is 9.59 Å². The average Bonchev–Trinajstić information content (AvgIpc) is 2.99. The van der Waals surface area contributed by atoms with Crippen molar-refractivity contribution in [3.8, 4) is 0 Å². The molecule has 0 aromatic heterocycles. The van der Waals surface area contributed by atoms with Crippen molar-refractivity contribution in [1.82, 2.24) is 0 Å². The summed E-state index contributed by atoms with van der Waals surface area (Å²) in [5, 5.41) is 0. The summed E-state index contributed by atoms with van der Waals surface area (Å²) in [7, 11) is 0. The summed E-state index contributed by atoms with van der Waals surface area (Å²) in [4.78, 5) is 24.7. The van der Waals surface area contributed by atoms with Crippen molar-refractivity contribution < 1.29 is 9.59 Å². The van der Waals surface area contributed by atoms with Crippen LogP contribution in [0, 0.1) is 46.3 Å². The van der Waals surface area contributed by atoms with Gasteiger partial charge in [0.1, 0.15) is 5.78 Å². The van der Waals surface area contributed by atoms with Crippen molar-refractivity contribution in [2.75, 3.05) is 0 Å². The molecule has 2 heteroatoms. The molecule has 3 aliphatic carbocycles. The first-order valence-corrected chi connectivity index (χ1v) is 11.4. The molecule has 152 valence electrons. The fraction of sp³-hybridized carbons (Fsp3) is 0.840. The number of Topliss-reactive ketones (excluding diaryl/α,β-unsaturated/α-hetero) is 1. The topological polar surface area (TPSA) is 34.1 Å². The van der Waals surface area contributed by atoms with Gasteiger partial charge in [0.25, 0.3) is 0 Å². The Hall–Kier alpha value is -0.920. The number of hydrogen-bond donors (Lipinski definition) is 0. The van der Waals surface area contributed by atoms with Gasteiger partial charge in [-0.2, -0.15) is 0 Å². The van der Waals surface area contributed by atoms with Crippen LogP contribution in [0.25, 0.3) is 0 Å². The number of carbonyl (C=O) groups excluding carboxylic acids is 2. The van der Waals surface area contributed by atoms with Crippen LogP contribution in [0.4, 0.5) is 0 Å². The zero-order chi connectivity index (χ0) is 20.0. The summed E-state index contributed by atoms with van der Waals surface area (Å²) >= 11 is 0. The molecule has 0 bridgehead atoms. The second-order valence-electron chi connectivity index (χ2n) is 10.6. The maximum Gasteiger partial charge on any atom is 0.152 e. The van der Waals surface area contributed by atoms with E-state index in [0.717, 1.165) is 18.8 Å². The highest BCUT2D eigenvalue weighted by Crippen LogP contribution is 2.66. The van der Waals surface area contributed by atoms with Crippen LogP contribution in [0.1, 0.15) is 86.5 Å². The molecule has 3 rings (SSSR count). The van der Waals surface area contributed by atoms with Gasteiger partial charge in [-0.1, -0.05) is 40.7 Å². The molecule has 3 fully saturated rings. The smallest absolute Gasteiger partial charge is 0.152 e. The lowest BCUT2D eigenvalue weighted by Crippen LogP contribution is -2.51. The molecule has 0 radical (unpaired) electrons. The van der Waals surface area contributed by atoms with Crippen LogP contribution in [-0.2, 0) is 9.59 Å². The lowest BCUT2D eigenvalue weighted by Gasteiger charge is -2.58. The highest BCUT2D eigenvalue weighted by atomic mass is 16.1. The van der Waals surface area contributed by atoms with Gasteiger partial charge in [-0.15, -0.1) is 0 Å². The standard InChI is InChI=1S/C25H40O2/c1-7-16(2)23(27)22-11-10-20-19-9-8-17(3)24(5,14-12-18(4)26)21(19)13-15-25(20,22)6/h12,14,16-17,19-22H,7-11,13,15H2,1-6H3/b14-12-. The molecule has 3 saturated carbocycles. The van der Waals surface area contributed by atoms with Gasteiger partial charge < -0.3 is 0 Å². The van der Waals surface area contributed by atoms with Crippen molar-refractivity contribution in [3.63, 3.8) is 0 Å². The zero-order valence-corrected chi connectivity index (χ0v) is 18.4. The number of carbonyl (C=O) groups is 2. The van der Waals surface area contributed by atoms with Crippen molar-refractivity contribution in [2.24, 2.45) is 46.3 Å². The molecule has 2 nitrogen and oxygen atoms in total. The number of fused-ring (bicyclic) bond motifs is 3. The Kier molecular flexibility index (Phi) is 5.77. The van der Waals surface area contributed by atoms with E-state index in [1.54, 1.807) is 6.92 Å². The van der Waals surface area contributed by atoms with Crippen LogP contribution >= 0.6 is 0 Å². The van der Waals surface area contributed by atoms with E-state index in [4.69, 9.17) is 0 Å². The summed E-state index contributed by atoms with van der Waals surface area (Å²) in [6.07, 6.45) is 12.3. The zero-order valence-electron chi connectivity index (χ0n) is 18.4. The van der Waals surface area contributed by atoms with Crippen LogP contribution in [-0.4, -0.2) is 11.6 Å². The minimum atomic E-state index is 0.120. The number of rotatable bonds is 5. The molecule has 0 spiro atoms. The van der Waals surface area contributed by atoms with E-state index in [-0.39, 0.29) is 28.4 Å². The largest absolute Gasteiger partial charge is 0.299 e. The van der Waals surface area contributed by atoms with E-state index < -0.39 is 0 Å². The SMILES string of the molecule is CCC(C)C(=O)C1CCC2C3CCC(C)C(C)(/C=C\C(C)=O)C3CCC12C. The lowest BCUT2D eigenvalue weighted by atomic mass is 9.47. The third kappa shape index (κ3) is 3.36. The molecule has 3 aliphatic rings. The summed E-state index contributed by atoms with van der Waals surface area (Å²) in [6, 6.07) is 0. The van der Waals surface area contributed by atoms with E-state index in [1.807, 2.05) is 6.08 Å². The number of hydrogen-bond acceptors (Lipinski definition) is 2. The summed E-state index contributed by atoms with van der Waals surface area (Å²) in [5.41, 5.74) is 0.322. The highest BCUT2D eigenvalue weighted by molar-refractivity contribution is 5.87. The second-order valence-corrected chi connectivity index (χ2v) is 10.6. The molecule has 0 aromatic carbocycles. The van der Waals surface area contributed by atoms with Crippen LogP contribution in [0.3, 0.4) is 0 Å². The molecular formula is C25H40O2. The van der Waals surface area contributed by atoms with Crippen LogP contribution < -0.4 is 0 Å². The molecule has 0 aliphatic heterocycles. The predicted molar refractivity (Wildman–Crippen MR) is 111 cm³/mol. The van der Waals surface area contributed by atoms with Crippen molar-refractivity contribution in [3.05, 3.63) is 12.2 Å². The third-order valence-electron chi connectivity index (χ3n) is 9.35. The lowest BCUT2D eigenvalue weighted by molar-refractivity contribution is -0.134. The molecule has 8 atom stereocenters. The van der Waals surface area contributed by atoms with Gasteiger partial charge >= 0.3 is 0 Å². The first kappa shape index (κ1) is 20.8. The Morgan fingerprint density at radius 2 is 1.78 bits per heavy atom. The summed E-state index contributed by atoms with van der Waals surface area (Å²) in [6.45, 7) is 13.1. The van der Waals surface area contributed by atoms with Gasteiger partial charge in [-0.3, -0.25) is 9.59 Å². The van der Waals surface area contributed by atoms with E-state index in [0.29, 0.717) is 23.5 Å². The Morgan fingerprint density at radius 3 is 2.41 bits per heavy atom. The Labute approximate surface area is 166 Å². The van der Waals surface area contributed by atoms with Gasteiger partial charge in [0.2, 0.25) is 0 Å². The van der Waals surface area contributed by atoms with Crippen LogP contribution in [0.2, 0.25) is 0 Å². The first-order chi connectivity index (χ1) is 12.6. The summed E-state index contributed by atoms with van der Waals surface area (Å²) in [5.74, 6) is 3.86. The quantitative estimate of drug-likeness (QED) is 0.535. The normalized spacial score (nSPS) is 45.3. The molecule has 0 heterocycles. The van der Waals surface area contributed by atoms with Gasteiger partial charge in [0, 0.05) is 11.8 Å². The Balaban J connectivity index is 1.88. The Bertz CT molecular complexity index is 620. The number of ketones is 2. The second kappa shape index (κ2) is 7.48.